The molecule has 286 valence electrons. The largest absolute Gasteiger partial charge is 0.573 e. The van der Waals surface area contributed by atoms with E-state index in [-0.39, 0.29) is 28.0 Å². The zero-order chi connectivity index (χ0) is 39.9. The first-order chi connectivity index (χ1) is 26.2. The summed E-state index contributed by atoms with van der Waals surface area (Å²) < 4.78 is 129. The molecule has 4 aromatic rings. The Morgan fingerprint density at radius 2 is 1.07 bits per heavy atom. The van der Waals surface area contributed by atoms with E-state index >= 15 is 0 Å². The van der Waals surface area contributed by atoms with Crippen LogP contribution in [0, 0.1) is 58.6 Å². The highest BCUT2D eigenvalue weighted by atomic mass is 19.4. The van der Waals surface area contributed by atoms with Gasteiger partial charge in [-0.25, -0.2) is 22.0 Å². The van der Waals surface area contributed by atoms with Crippen LogP contribution in [-0.2, 0) is 12.8 Å². The maximum atomic E-state index is 14.4. The fraction of sp³-hybridized carbons (Fsp3) is 0.273. The van der Waals surface area contributed by atoms with Crippen molar-refractivity contribution in [3.63, 3.8) is 0 Å². The number of fused-ring (bicyclic) bond motifs is 2. The van der Waals surface area contributed by atoms with Gasteiger partial charge in [-0.2, -0.15) is 4.39 Å². The van der Waals surface area contributed by atoms with Gasteiger partial charge in [0.05, 0.1) is 23.8 Å². The van der Waals surface area contributed by atoms with Gasteiger partial charge < -0.3 is 9.47 Å². The summed E-state index contributed by atoms with van der Waals surface area (Å²) in [4.78, 5) is 0. The van der Waals surface area contributed by atoms with Crippen LogP contribution >= 0.6 is 0 Å². The minimum absolute atomic E-state index is 0.0486. The Kier molecular flexibility index (Phi) is 13.1. The maximum Gasteiger partial charge on any atom is 0.573 e. The maximum absolute atomic E-state index is 14.4. The first-order valence-corrected chi connectivity index (χ1v) is 17.5. The van der Waals surface area contributed by atoms with Gasteiger partial charge in [-0.3, -0.25) is 0 Å². The van der Waals surface area contributed by atoms with Crippen molar-refractivity contribution in [1.29, 1.82) is 0 Å². The van der Waals surface area contributed by atoms with Crippen LogP contribution in [0.1, 0.15) is 96.9 Å². The Morgan fingerprint density at radius 3 is 1.55 bits per heavy atom. The molecule has 0 unspecified atom stereocenters. The minimum Gasteiger partial charge on any atom is -0.494 e. The molecule has 2 aliphatic rings. The highest BCUT2D eigenvalue weighted by molar-refractivity contribution is 5.63. The van der Waals surface area contributed by atoms with Gasteiger partial charge in [-0.05, 0) is 109 Å². The fourth-order valence-electron chi connectivity index (χ4n) is 6.28. The molecule has 2 aliphatic carbocycles. The molecule has 55 heavy (non-hydrogen) atoms. The number of aryl methyl sites for hydroxylation is 2. The molecule has 0 saturated heterocycles. The normalized spacial score (nSPS) is 13.0. The number of rotatable bonds is 6. The minimum atomic E-state index is -5.23. The van der Waals surface area contributed by atoms with E-state index in [1.165, 1.54) is 42.5 Å². The summed E-state index contributed by atoms with van der Waals surface area (Å²) in [7, 11) is 1.26. The smallest absolute Gasteiger partial charge is 0.494 e. The average molecular weight is 767 g/mol. The van der Waals surface area contributed by atoms with E-state index in [1.807, 2.05) is 12.2 Å². The van der Waals surface area contributed by atoms with Crippen molar-refractivity contribution in [2.24, 2.45) is 0 Å². The van der Waals surface area contributed by atoms with Crippen molar-refractivity contribution < 1.29 is 49.0 Å². The Balaban J connectivity index is 0.000000212. The Morgan fingerprint density at radius 1 is 0.582 bits per heavy atom. The number of halogens is 9. The molecule has 0 bridgehead atoms. The van der Waals surface area contributed by atoms with Gasteiger partial charge in [-0.1, -0.05) is 73.7 Å². The van der Waals surface area contributed by atoms with Crippen molar-refractivity contribution in [1.82, 2.24) is 0 Å². The van der Waals surface area contributed by atoms with Gasteiger partial charge >= 0.3 is 6.36 Å². The zero-order valence-electron chi connectivity index (χ0n) is 30.1. The van der Waals surface area contributed by atoms with Crippen LogP contribution in [0.15, 0.2) is 59.7 Å². The summed E-state index contributed by atoms with van der Waals surface area (Å²) in [6.45, 7) is 4.19. The van der Waals surface area contributed by atoms with Crippen molar-refractivity contribution in [3.8, 4) is 35.2 Å². The van der Waals surface area contributed by atoms with Gasteiger partial charge in [0, 0.05) is 5.56 Å². The number of benzene rings is 4. The van der Waals surface area contributed by atoms with Crippen molar-refractivity contribution >= 4 is 12.2 Å². The average Bonchev–Trinajstić information content (AvgIpc) is 3.13. The molecule has 0 atom stereocenters. The summed E-state index contributed by atoms with van der Waals surface area (Å²) in [6, 6.07) is 9.96. The van der Waals surface area contributed by atoms with Crippen molar-refractivity contribution in [2.75, 3.05) is 7.11 Å². The molecule has 0 aliphatic heterocycles. The summed E-state index contributed by atoms with van der Waals surface area (Å²) in [5.41, 5.74) is 6.05. The van der Waals surface area contributed by atoms with Gasteiger partial charge in [0.25, 0.3) is 0 Å². The van der Waals surface area contributed by atoms with E-state index in [0.29, 0.717) is 12.1 Å². The molecule has 0 spiro atoms. The van der Waals surface area contributed by atoms with E-state index in [4.69, 9.17) is 4.74 Å². The van der Waals surface area contributed by atoms with Crippen LogP contribution in [0.3, 0.4) is 0 Å². The molecule has 0 saturated carbocycles. The summed E-state index contributed by atoms with van der Waals surface area (Å²) in [5, 5.41) is 0. The van der Waals surface area contributed by atoms with Crippen LogP contribution in [0.5, 0.6) is 11.5 Å². The second kappa shape index (κ2) is 17.7. The number of hydrogen-bond donors (Lipinski definition) is 0. The number of ether oxygens (including phenoxy) is 2. The van der Waals surface area contributed by atoms with Crippen LogP contribution < -0.4 is 9.47 Å². The lowest BCUT2D eigenvalue weighted by atomic mass is 9.89. The van der Waals surface area contributed by atoms with Gasteiger partial charge in [0.15, 0.2) is 23.2 Å². The quantitative estimate of drug-likeness (QED) is 0.144. The van der Waals surface area contributed by atoms with E-state index in [1.54, 1.807) is 12.1 Å². The van der Waals surface area contributed by atoms with Crippen molar-refractivity contribution in [3.05, 3.63) is 139 Å². The first-order valence-electron chi connectivity index (χ1n) is 17.5. The third-order valence-corrected chi connectivity index (χ3v) is 8.91. The zero-order valence-corrected chi connectivity index (χ0v) is 30.1. The molecule has 0 N–H and O–H groups in total. The molecule has 6 rings (SSSR count). The first kappa shape index (κ1) is 40.6. The predicted molar refractivity (Wildman–Crippen MR) is 193 cm³/mol. The fourth-order valence-corrected chi connectivity index (χ4v) is 6.28. The third-order valence-electron chi connectivity index (χ3n) is 8.91. The lowest BCUT2D eigenvalue weighted by Crippen LogP contribution is -2.19. The number of allylic oxidation sites excluding steroid dienone is 2. The Hall–Kier alpha value is -5.55. The lowest BCUT2D eigenvalue weighted by molar-refractivity contribution is -0.276. The van der Waals surface area contributed by atoms with E-state index < -0.39 is 47.0 Å². The molecule has 4 aromatic carbocycles. The molecule has 0 amide bonds. The molecule has 11 heteroatoms. The van der Waals surface area contributed by atoms with Crippen LogP contribution in [-0.4, -0.2) is 13.5 Å². The topological polar surface area (TPSA) is 18.5 Å². The number of alkyl halides is 3. The van der Waals surface area contributed by atoms with Gasteiger partial charge in [0.2, 0.25) is 11.6 Å². The Bertz CT molecular complexity index is 2260. The van der Waals surface area contributed by atoms with E-state index in [2.05, 4.69) is 42.3 Å². The monoisotopic (exact) mass is 766 g/mol. The van der Waals surface area contributed by atoms with Crippen LogP contribution in [0.4, 0.5) is 39.5 Å². The third kappa shape index (κ3) is 10.4. The van der Waals surface area contributed by atoms with Crippen LogP contribution in [0.2, 0.25) is 0 Å². The summed E-state index contributed by atoms with van der Waals surface area (Å²) in [6.07, 6.45) is 6.22. The van der Waals surface area contributed by atoms with Crippen LogP contribution in [0.25, 0.3) is 12.2 Å². The second-order valence-corrected chi connectivity index (χ2v) is 12.9. The molecule has 0 radical (unpaired) electrons. The predicted octanol–water partition coefficient (Wildman–Crippen LogP) is 12.2. The molecular formula is C44H35F9O2. The molecular weight excluding hydrogens is 731 g/mol. The highest BCUT2D eigenvalue weighted by Crippen LogP contribution is 2.32. The number of hydrogen-bond acceptors (Lipinski definition) is 2. The molecule has 0 heterocycles. The molecule has 0 fully saturated rings. The SMILES string of the molecule is CCCC1=Cc2cc(F)c(C#Cc3cc(F)c(OC(F)(F)F)c(F)c3)cc2CC1.CCCC1=Cc2cc(F)c(C#Cc3ccc(OC)c(F)c3F)cc2CC1. The van der Waals surface area contributed by atoms with Gasteiger partial charge in [-0.15, -0.1) is 13.2 Å². The highest BCUT2D eigenvalue weighted by Gasteiger charge is 2.34. The van der Waals surface area contributed by atoms with E-state index in [0.717, 1.165) is 73.6 Å². The molecule has 0 aromatic heterocycles. The standard InChI is InChI=1S/C22H16F6O.C22H19F3O/c1-2-3-13-4-6-15-11-16(18(23)12-17(15)8-13)7-5-14-9-19(24)21(20(25)10-14)29-22(26,27)28;1-3-4-14-5-6-16-12-17(19(23)13-18(16)11-14)8-7-15-9-10-20(26-2)22(25)21(15)24/h8-12H,2-4,6H2,1H3;9-13H,3-6H2,1-2H3. The lowest BCUT2D eigenvalue weighted by Gasteiger charge is -2.16. The molecule has 2 nitrogen and oxygen atoms in total. The van der Waals surface area contributed by atoms with Gasteiger partial charge in [0.1, 0.15) is 11.6 Å². The van der Waals surface area contributed by atoms with E-state index in [9.17, 15) is 39.5 Å². The Labute approximate surface area is 313 Å². The summed E-state index contributed by atoms with van der Waals surface area (Å²) in [5.74, 6) is 1.95. The van der Waals surface area contributed by atoms with Crippen molar-refractivity contribution in [2.45, 2.75) is 71.6 Å². The number of methoxy groups -OCH3 is 1. The second-order valence-electron chi connectivity index (χ2n) is 12.9. The summed E-state index contributed by atoms with van der Waals surface area (Å²) >= 11 is 0.